The average molecular weight is 548 g/mol. The van der Waals surface area contributed by atoms with Crippen LogP contribution < -0.4 is 10.6 Å². The molecule has 198 valence electrons. The summed E-state index contributed by atoms with van der Waals surface area (Å²) in [6, 6.07) is 21.5. The van der Waals surface area contributed by atoms with Gasteiger partial charge in [-0.05, 0) is 59.7 Å². The molecule has 39 heavy (non-hydrogen) atoms. The van der Waals surface area contributed by atoms with Crippen LogP contribution in [-0.2, 0) is 22.6 Å². The number of rotatable bonds is 8. The van der Waals surface area contributed by atoms with E-state index < -0.39 is 35.9 Å². The van der Waals surface area contributed by atoms with Crippen LogP contribution in [0.3, 0.4) is 0 Å². The zero-order chi connectivity index (χ0) is 27.4. The summed E-state index contributed by atoms with van der Waals surface area (Å²) in [5.41, 5.74) is 1.43. The monoisotopic (exact) mass is 547 g/mol. The summed E-state index contributed by atoms with van der Waals surface area (Å²) in [4.78, 5) is 40.5. The van der Waals surface area contributed by atoms with Gasteiger partial charge in [0.15, 0.2) is 12.1 Å². The largest absolute Gasteiger partial charge is 0.467 e. The summed E-state index contributed by atoms with van der Waals surface area (Å²) in [5, 5.41) is 5.96. The number of halogens is 2. The minimum absolute atomic E-state index is 0.0818. The summed E-state index contributed by atoms with van der Waals surface area (Å²) in [6.07, 6.45) is -0.170. The van der Waals surface area contributed by atoms with E-state index in [2.05, 4.69) is 10.6 Å². The van der Waals surface area contributed by atoms with Gasteiger partial charge in [0.1, 0.15) is 11.6 Å². The molecule has 2 heterocycles. The van der Waals surface area contributed by atoms with Crippen molar-refractivity contribution in [1.29, 1.82) is 0 Å². The third kappa shape index (κ3) is 5.94. The average Bonchev–Trinajstić information content (AvgIpc) is 3.56. The van der Waals surface area contributed by atoms with Gasteiger partial charge in [-0.2, -0.15) is 0 Å². The van der Waals surface area contributed by atoms with E-state index in [-0.39, 0.29) is 18.7 Å². The first kappa shape index (κ1) is 26.0. The third-order valence-electron chi connectivity index (χ3n) is 6.20. The lowest BCUT2D eigenvalue weighted by atomic mass is 10.00. The number of benzene rings is 3. The molecule has 10 heteroatoms. The van der Waals surface area contributed by atoms with Gasteiger partial charge in [0.2, 0.25) is 5.91 Å². The molecule has 0 bridgehead atoms. The highest BCUT2D eigenvalue weighted by Crippen LogP contribution is 2.35. The standard InChI is InChI=1S/C29H23ClFN3O5/c30-20-8-3-6-18(14-20)17-34-25(28(36)32-16-22-10-5-13-38-22)26(39-29(34)37)19-7-4-9-21(15-19)33-27(35)23-11-1-2-12-24(23)31/h1-15,25-26H,16-17H2,(H,32,36)(H,33,35)/t25-,26+/m0/s1. The Hall–Kier alpha value is -4.63. The second kappa shape index (κ2) is 11.4. The van der Waals surface area contributed by atoms with Crippen LogP contribution in [-0.4, -0.2) is 28.8 Å². The molecular weight excluding hydrogens is 525 g/mol. The number of cyclic esters (lactones) is 1. The molecule has 0 radical (unpaired) electrons. The smallest absolute Gasteiger partial charge is 0.411 e. The number of ether oxygens (including phenoxy) is 1. The van der Waals surface area contributed by atoms with Gasteiger partial charge < -0.3 is 19.8 Å². The highest BCUT2D eigenvalue weighted by atomic mass is 35.5. The lowest BCUT2D eigenvalue weighted by Crippen LogP contribution is -2.46. The Balaban J connectivity index is 1.41. The van der Waals surface area contributed by atoms with Crippen LogP contribution in [0.5, 0.6) is 0 Å². The molecule has 3 aromatic carbocycles. The summed E-state index contributed by atoms with van der Waals surface area (Å²) >= 11 is 6.13. The number of furan rings is 1. The van der Waals surface area contributed by atoms with Crippen molar-refractivity contribution in [1.82, 2.24) is 10.2 Å². The van der Waals surface area contributed by atoms with Crippen LogP contribution in [0.25, 0.3) is 0 Å². The van der Waals surface area contributed by atoms with Gasteiger partial charge in [-0.3, -0.25) is 14.5 Å². The Kier molecular flexibility index (Phi) is 7.60. The molecule has 1 saturated heterocycles. The van der Waals surface area contributed by atoms with Crippen molar-refractivity contribution in [2.75, 3.05) is 5.32 Å². The van der Waals surface area contributed by atoms with Gasteiger partial charge in [0, 0.05) is 10.7 Å². The van der Waals surface area contributed by atoms with Crippen molar-refractivity contribution < 1.29 is 27.9 Å². The van der Waals surface area contributed by atoms with Crippen molar-refractivity contribution in [3.63, 3.8) is 0 Å². The third-order valence-corrected chi connectivity index (χ3v) is 6.44. The minimum atomic E-state index is -1.04. The maximum Gasteiger partial charge on any atom is 0.411 e. The predicted molar refractivity (Wildman–Crippen MR) is 141 cm³/mol. The van der Waals surface area contributed by atoms with Crippen LogP contribution in [0.2, 0.25) is 5.02 Å². The molecule has 5 rings (SSSR count). The number of hydrogen-bond donors (Lipinski definition) is 2. The zero-order valence-electron chi connectivity index (χ0n) is 20.5. The molecule has 0 saturated carbocycles. The highest BCUT2D eigenvalue weighted by Gasteiger charge is 2.47. The molecule has 3 amide bonds. The summed E-state index contributed by atoms with van der Waals surface area (Å²) in [6.45, 7) is 0.200. The van der Waals surface area contributed by atoms with Gasteiger partial charge in [-0.1, -0.05) is 48.0 Å². The van der Waals surface area contributed by atoms with E-state index in [0.717, 1.165) is 5.56 Å². The van der Waals surface area contributed by atoms with E-state index in [4.69, 9.17) is 20.8 Å². The number of amides is 3. The summed E-state index contributed by atoms with van der Waals surface area (Å²) in [5.74, 6) is -1.20. The van der Waals surface area contributed by atoms with Crippen molar-refractivity contribution >= 4 is 35.2 Å². The molecule has 1 aromatic heterocycles. The summed E-state index contributed by atoms with van der Waals surface area (Å²) in [7, 11) is 0. The van der Waals surface area contributed by atoms with Crippen molar-refractivity contribution in [2.24, 2.45) is 0 Å². The fraction of sp³-hybridized carbons (Fsp3) is 0.138. The van der Waals surface area contributed by atoms with E-state index in [0.29, 0.717) is 22.0 Å². The number of carbonyl (C=O) groups is 3. The van der Waals surface area contributed by atoms with Crippen molar-refractivity contribution in [2.45, 2.75) is 25.2 Å². The molecule has 2 N–H and O–H groups in total. The quantitative estimate of drug-likeness (QED) is 0.294. The Labute approximate surface area is 228 Å². The predicted octanol–water partition coefficient (Wildman–Crippen LogP) is 5.70. The van der Waals surface area contributed by atoms with Gasteiger partial charge in [-0.25, -0.2) is 9.18 Å². The minimum Gasteiger partial charge on any atom is -0.467 e. The molecule has 2 atom stereocenters. The number of nitrogens with zero attached hydrogens (tertiary/aromatic N) is 1. The van der Waals surface area contributed by atoms with Gasteiger partial charge in [0.05, 0.1) is 24.9 Å². The van der Waals surface area contributed by atoms with Crippen LogP contribution >= 0.6 is 11.6 Å². The van der Waals surface area contributed by atoms with Crippen LogP contribution in [0.4, 0.5) is 14.9 Å². The van der Waals surface area contributed by atoms with Crippen LogP contribution in [0.1, 0.15) is 33.3 Å². The topological polar surface area (TPSA) is 101 Å². The first-order valence-electron chi connectivity index (χ1n) is 12.1. The second-order valence-corrected chi connectivity index (χ2v) is 9.30. The van der Waals surface area contributed by atoms with E-state index in [1.54, 1.807) is 66.7 Å². The molecular formula is C29H23ClFN3O5. The maximum atomic E-state index is 14.1. The van der Waals surface area contributed by atoms with Crippen molar-refractivity contribution in [3.8, 4) is 0 Å². The molecule has 1 aliphatic heterocycles. The number of anilines is 1. The molecule has 4 aromatic rings. The first-order valence-corrected chi connectivity index (χ1v) is 12.4. The zero-order valence-corrected chi connectivity index (χ0v) is 21.2. The number of carbonyl (C=O) groups excluding carboxylic acids is 3. The fourth-order valence-corrected chi connectivity index (χ4v) is 4.58. The van der Waals surface area contributed by atoms with E-state index in [1.807, 2.05) is 0 Å². The molecule has 8 nitrogen and oxygen atoms in total. The Morgan fingerprint density at radius 2 is 1.79 bits per heavy atom. The van der Waals surface area contributed by atoms with Gasteiger partial charge >= 0.3 is 6.09 Å². The SMILES string of the molecule is O=C(Nc1cccc([C@H]2OC(=O)N(Cc3cccc(Cl)c3)[C@@H]2C(=O)NCc2ccco2)c1)c1ccccc1F. The number of nitrogens with one attached hydrogen (secondary N) is 2. The van der Waals surface area contributed by atoms with E-state index >= 15 is 0 Å². The number of hydrogen-bond acceptors (Lipinski definition) is 5. The lowest BCUT2D eigenvalue weighted by Gasteiger charge is -2.24. The molecule has 0 unspecified atom stereocenters. The highest BCUT2D eigenvalue weighted by molar-refractivity contribution is 6.30. The van der Waals surface area contributed by atoms with E-state index in [9.17, 15) is 18.8 Å². The van der Waals surface area contributed by atoms with Crippen LogP contribution in [0, 0.1) is 5.82 Å². The van der Waals surface area contributed by atoms with Gasteiger partial charge in [-0.15, -0.1) is 0 Å². The summed E-state index contributed by atoms with van der Waals surface area (Å²) < 4.78 is 25.1. The normalized spacial score (nSPS) is 16.6. The molecule has 0 spiro atoms. The molecule has 0 aliphatic carbocycles. The lowest BCUT2D eigenvalue weighted by molar-refractivity contribution is -0.126. The fourth-order valence-electron chi connectivity index (χ4n) is 4.37. The molecule has 1 aliphatic rings. The van der Waals surface area contributed by atoms with Crippen LogP contribution in [0.15, 0.2) is 95.6 Å². The first-order chi connectivity index (χ1) is 18.9. The molecule has 1 fully saturated rings. The second-order valence-electron chi connectivity index (χ2n) is 8.86. The van der Waals surface area contributed by atoms with Crippen molar-refractivity contribution in [3.05, 3.63) is 124 Å². The Morgan fingerprint density at radius 3 is 2.56 bits per heavy atom. The Bertz CT molecular complexity index is 1510. The Morgan fingerprint density at radius 1 is 0.974 bits per heavy atom. The maximum absolute atomic E-state index is 14.1. The van der Waals surface area contributed by atoms with Gasteiger partial charge in [0.25, 0.3) is 5.91 Å². The van der Waals surface area contributed by atoms with E-state index in [1.165, 1.54) is 29.4 Å².